The van der Waals surface area contributed by atoms with Crippen LogP contribution in [0.15, 0.2) is 11.6 Å². The van der Waals surface area contributed by atoms with Crippen LogP contribution in [0.1, 0.15) is 6.92 Å². The first-order chi connectivity index (χ1) is 5.20. The second kappa shape index (κ2) is 5.10. The van der Waals surface area contributed by atoms with Crippen LogP contribution < -0.4 is 11.1 Å². The number of aromatic nitrogens is 1. The van der Waals surface area contributed by atoms with Crippen LogP contribution in [0.25, 0.3) is 0 Å². The molecular formula is C6H10BrN3OS. The summed E-state index contributed by atoms with van der Waals surface area (Å²) >= 11 is 1.44. The van der Waals surface area contributed by atoms with Gasteiger partial charge in [0, 0.05) is 11.6 Å². The maximum Gasteiger partial charge on any atom is 0.239 e. The van der Waals surface area contributed by atoms with Crippen molar-refractivity contribution in [3.05, 3.63) is 11.6 Å². The van der Waals surface area contributed by atoms with E-state index in [9.17, 15) is 4.79 Å². The van der Waals surface area contributed by atoms with E-state index < -0.39 is 0 Å². The van der Waals surface area contributed by atoms with Crippen molar-refractivity contribution in [1.29, 1.82) is 0 Å². The molecule has 12 heavy (non-hydrogen) atoms. The van der Waals surface area contributed by atoms with Crippen LogP contribution in [0.4, 0.5) is 5.13 Å². The van der Waals surface area contributed by atoms with Crippen LogP contribution in [0, 0.1) is 0 Å². The SMILES string of the molecule is Br.CC(Nc1nccs1)C(N)=O. The molecular weight excluding hydrogens is 242 g/mol. The van der Waals surface area contributed by atoms with E-state index in [4.69, 9.17) is 5.73 Å². The van der Waals surface area contributed by atoms with E-state index in [1.54, 1.807) is 13.1 Å². The van der Waals surface area contributed by atoms with Gasteiger partial charge in [-0.2, -0.15) is 0 Å². The molecule has 0 aliphatic rings. The number of hydrogen-bond acceptors (Lipinski definition) is 4. The first-order valence-electron chi connectivity index (χ1n) is 3.15. The van der Waals surface area contributed by atoms with Crippen molar-refractivity contribution in [2.24, 2.45) is 5.73 Å². The molecule has 1 atom stereocenters. The molecule has 0 fully saturated rings. The van der Waals surface area contributed by atoms with Gasteiger partial charge in [0.25, 0.3) is 0 Å². The normalized spacial score (nSPS) is 11.4. The predicted octanol–water partition coefficient (Wildman–Crippen LogP) is 1.01. The molecule has 0 saturated carbocycles. The lowest BCUT2D eigenvalue weighted by Gasteiger charge is -2.06. The van der Waals surface area contributed by atoms with E-state index in [0.29, 0.717) is 0 Å². The monoisotopic (exact) mass is 251 g/mol. The number of anilines is 1. The standard InChI is InChI=1S/C6H9N3OS.BrH/c1-4(5(7)10)9-6-8-2-3-11-6;/h2-4H,1H3,(H2,7,10)(H,8,9);1H. The van der Waals surface area contributed by atoms with Crippen LogP contribution in [0.2, 0.25) is 0 Å². The zero-order valence-corrected chi connectivity index (χ0v) is 9.01. The Hall–Kier alpha value is -0.620. The summed E-state index contributed by atoms with van der Waals surface area (Å²) in [6.45, 7) is 1.70. The lowest BCUT2D eigenvalue weighted by Crippen LogP contribution is -2.32. The molecule has 68 valence electrons. The second-order valence-corrected chi connectivity index (χ2v) is 3.00. The highest BCUT2D eigenvalue weighted by Gasteiger charge is 2.08. The Morgan fingerprint density at radius 2 is 2.50 bits per heavy atom. The molecule has 1 aromatic rings. The van der Waals surface area contributed by atoms with Gasteiger partial charge in [0.1, 0.15) is 6.04 Å². The first kappa shape index (κ1) is 11.4. The fraction of sp³-hybridized carbons (Fsp3) is 0.333. The van der Waals surface area contributed by atoms with Gasteiger partial charge < -0.3 is 11.1 Å². The number of nitrogens with one attached hydrogen (secondary N) is 1. The molecule has 0 aliphatic carbocycles. The molecule has 0 saturated heterocycles. The number of hydrogen-bond donors (Lipinski definition) is 2. The number of amides is 1. The Bertz CT molecular complexity index is 239. The van der Waals surface area contributed by atoms with Crippen molar-refractivity contribution in [1.82, 2.24) is 4.98 Å². The third-order valence-electron chi connectivity index (χ3n) is 1.20. The summed E-state index contributed by atoms with van der Waals surface area (Å²) in [5.41, 5.74) is 5.03. The first-order valence-corrected chi connectivity index (χ1v) is 4.03. The Kier molecular flexibility index (Phi) is 4.84. The third-order valence-corrected chi connectivity index (χ3v) is 1.90. The van der Waals surface area contributed by atoms with Gasteiger partial charge in [0.2, 0.25) is 5.91 Å². The minimum absolute atomic E-state index is 0. The maximum absolute atomic E-state index is 10.6. The second-order valence-electron chi connectivity index (χ2n) is 2.11. The number of nitrogens with zero attached hydrogens (tertiary/aromatic N) is 1. The van der Waals surface area contributed by atoms with Crippen LogP contribution in [-0.2, 0) is 4.79 Å². The fourth-order valence-corrected chi connectivity index (χ4v) is 1.17. The summed E-state index contributed by atoms with van der Waals surface area (Å²) in [6.07, 6.45) is 1.67. The Morgan fingerprint density at radius 3 is 2.92 bits per heavy atom. The van der Waals surface area contributed by atoms with Crippen LogP contribution in [0.3, 0.4) is 0 Å². The van der Waals surface area contributed by atoms with E-state index in [-0.39, 0.29) is 28.9 Å². The number of halogens is 1. The Balaban J connectivity index is 0.00000121. The highest BCUT2D eigenvalue weighted by atomic mass is 79.9. The summed E-state index contributed by atoms with van der Waals surface area (Å²) in [6, 6.07) is -0.360. The van der Waals surface area contributed by atoms with Crippen molar-refractivity contribution >= 4 is 39.4 Å². The highest BCUT2D eigenvalue weighted by molar-refractivity contribution is 8.93. The molecule has 1 aromatic heterocycles. The molecule has 0 aliphatic heterocycles. The van der Waals surface area contributed by atoms with Gasteiger partial charge in [-0.3, -0.25) is 4.79 Å². The summed E-state index contributed by atoms with van der Waals surface area (Å²) < 4.78 is 0. The molecule has 1 unspecified atom stereocenters. The minimum Gasteiger partial charge on any atom is -0.368 e. The molecule has 3 N–H and O–H groups in total. The number of carbonyl (C=O) groups excluding carboxylic acids is 1. The van der Waals surface area contributed by atoms with E-state index in [1.165, 1.54) is 11.3 Å². The van der Waals surface area contributed by atoms with Crippen molar-refractivity contribution in [2.45, 2.75) is 13.0 Å². The van der Waals surface area contributed by atoms with Crippen molar-refractivity contribution < 1.29 is 4.79 Å². The van der Waals surface area contributed by atoms with Gasteiger partial charge in [-0.15, -0.1) is 28.3 Å². The molecule has 1 rings (SSSR count). The molecule has 1 heterocycles. The number of thiazole rings is 1. The molecule has 1 amide bonds. The van der Waals surface area contributed by atoms with Gasteiger partial charge in [-0.25, -0.2) is 4.98 Å². The molecule has 0 bridgehead atoms. The zero-order chi connectivity index (χ0) is 8.27. The largest absolute Gasteiger partial charge is 0.368 e. The lowest BCUT2D eigenvalue weighted by molar-refractivity contribution is -0.118. The predicted molar refractivity (Wildman–Crippen MR) is 54.7 cm³/mol. The molecule has 4 nitrogen and oxygen atoms in total. The van der Waals surface area contributed by atoms with E-state index in [0.717, 1.165) is 5.13 Å². The quantitative estimate of drug-likeness (QED) is 0.843. The fourth-order valence-electron chi connectivity index (χ4n) is 0.551. The zero-order valence-electron chi connectivity index (χ0n) is 6.48. The van der Waals surface area contributed by atoms with Crippen LogP contribution in [0.5, 0.6) is 0 Å². The third kappa shape index (κ3) is 3.19. The summed E-state index contributed by atoms with van der Waals surface area (Å²) in [7, 11) is 0. The summed E-state index contributed by atoms with van der Waals surface area (Å²) in [5, 5.41) is 5.40. The highest BCUT2D eigenvalue weighted by Crippen LogP contribution is 2.10. The average molecular weight is 252 g/mol. The van der Waals surface area contributed by atoms with Crippen LogP contribution in [-0.4, -0.2) is 16.9 Å². The smallest absolute Gasteiger partial charge is 0.239 e. The van der Waals surface area contributed by atoms with E-state index >= 15 is 0 Å². The van der Waals surface area contributed by atoms with Gasteiger partial charge in [0.05, 0.1) is 0 Å². The lowest BCUT2D eigenvalue weighted by atomic mass is 10.3. The van der Waals surface area contributed by atoms with Crippen molar-refractivity contribution in [2.75, 3.05) is 5.32 Å². The van der Waals surface area contributed by atoms with E-state index in [2.05, 4.69) is 10.3 Å². The van der Waals surface area contributed by atoms with Crippen molar-refractivity contribution in [3.63, 3.8) is 0 Å². The molecule has 0 radical (unpaired) electrons. The molecule has 0 spiro atoms. The van der Waals surface area contributed by atoms with Gasteiger partial charge in [-0.05, 0) is 6.92 Å². The summed E-state index contributed by atoms with van der Waals surface area (Å²) in [4.78, 5) is 14.5. The molecule has 0 aromatic carbocycles. The topological polar surface area (TPSA) is 68.0 Å². The van der Waals surface area contributed by atoms with Gasteiger partial charge >= 0.3 is 0 Å². The van der Waals surface area contributed by atoms with Crippen molar-refractivity contribution in [3.8, 4) is 0 Å². The number of nitrogens with two attached hydrogens (primary N) is 1. The van der Waals surface area contributed by atoms with E-state index in [1.807, 2.05) is 5.38 Å². The van der Waals surface area contributed by atoms with Gasteiger partial charge in [-0.1, -0.05) is 0 Å². The number of primary amides is 1. The summed E-state index contributed by atoms with van der Waals surface area (Å²) in [5.74, 6) is -0.375. The number of rotatable bonds is 3. The average Bonchev–Trinajstić information content (AvgIpc) is 2.39. The minimum atomic E-state index is -0.375. The van der Waals surface area contributed by atoms with Crippen LogP contribution >= 0.6 is 28.3 Å². The number of carbonyl (C=O) groups is 1. The molecule has 6 heteroatoms. The van der Waals surface area contributed by atoms with Gasteiger partial charge in [0.15, 0.2) is 5.13 Å². The maximum atomic E-state index is 10.6. The Morgan fingerprint density at radius 1 is 1.83 bits per heavy atom. The Labute approximate surface area is 85.0 Å².